The summed E-state index contributed by atoms with van der Waals surface area (Å²) in [5, 5.41) is 4.96. The molecule has 0 bridgehead atoms. The quantitative estimate of drug-likeness (QED) is 0.673. The van der Waals surface area contributed by atoms with E-state index in [1.165, 1.54) is 18.2 Å². The van der Waals surface area contributed by atoms with Gasteiger partial charge in [0.05, 0.1) is 22.7 Å². The molecule has 1 aliphatic rings. The average Bonchev–Trinajstić information content (AvgIpc) is 2.65. The van der Waals surface area contributed by atoms with Crippen molar-refractivity contribution >= 4 is 33.2 Å². The molecule has 8 nitrogen and oxygen atoms in total. The number of halogens is 3. The van der Waals surface area contributed by atoms with Gasteiger partial charge in [-0.15, -0.1) is 0 Å². The number of amides is 2. The normalized spacial score (nSPS) is 13.8. The van der Waals surface area contributed by atoms with Crippen LogP contribution in [0, 0.1) is 0 Å². The molecule has 154 valence electrons. The number of carbonyl (C=O) groups excluding carboxylic acids is 2. The summed E-state index contributed by atoms with van der Waals surface area (Å²) in [7, 11) is -4.34. The van der Waals surface area contributed by atoms with Crippen LogP contribution >= 0.6 is 0 Å². The third-order valence-corrected chi connectivity index (χ3v) is 5.19. The Morgan fingerprint density at radius 2 is 1.93 bits per heavy atom. The number of fused-ring (bicyclic) bond motifs is 1. The predicted octanol–water partition coefficient (Wildman–Crippen LogP) is 1.95. The van der Waals surface area contributed by atoms with Gasteiger partial charge in [0.25, 0.3) is 5.91 Å². The number of benzene rings is 2. The van der Waals surface area contributed by atoms with Crippen LogP contribution in [0.2, 0.25) is 0 Å². The molecule has 2 aromatic carbocycles. The van der Waals surface area contributed by atoms with Crippen molar-refractivity contribution in [1.29, 1.82) is 0 Å². The molecular weight excluding hydrogens is 415 g/mol. The van der Waals surface area contributed by atoms with Crippen molar-refractivity contribution < 1.29 is 35.9 Å². The van der Waals surface area contributed by atoms with Gasteiger partial charge in [0.2, 0.25) is 15.9 Å². The van der Waals surface area contributed by atoms with E-state index in [9.17, 15) is 31.2 Å². The van der Waals surface area contributed by atoms with E-state index >= 15 is 0 Å². The van der Waals surface area contributed by atoms with Gasteiger partial charge in [0.1, 0.15) is 5.75 Å². The Bertz CT molecular complexity index is 1070. The van der Waals surface area contributed by atoms with Crippen molar-refractivity contribution in [2.45, 2.75) is 11.1 Å². The van der Waals surface area contributed by atoms with Crippen molar-refractivity contribution in [2.24, 2.45) is 0 Å². The molecule has 0 radical (unpaired) electrons. The minimum absolute atomic E-state index is 0.129. The van der Waals surface area contributed by atoms with Gasteiger partial charge in [-0.3, -0.25) is 9.59 Å². The third-order valence-electron chi connectivity index (χ3n) is 3.79. The molecule has 1 heterocycles. The van der Waals surface area contributed by atoms with Crippen LogP contribution in [-0.4, -0.2) is 33.4 Å². The lowest BCUT2D eigenvalue weighted by Crippen LogP contribution is -2.33. The lowest BCUT2D eigenvalue weighted by molar-refractivity contribution is -0.137. The van der Waals surface area contributed by atoms with E-state index in [0.29, 0.717) is 17.5 Å². The van der Waals surface area contributed by atoms with Gasteiger partial charge in [-0.2, -0.15) is 13.2 Å². The first-order valence-corrected chi connectivity index (χ1v) is 9.56. The highest BCUT2D eigenvalue weighted by molar-refractivity contribution is 7.89. The molecular formula is C17H14F3N3O5S. The number of hydrogen-bond donors (Lipinski definition) is 3. The zero-order valence-electron chi connectivity index (χ0n) is 14.5. The summed E-state index contributed by atoms with van der Waals surface area (Å²) in [5.74, 6) is -0.716. The molecule has 0 aliphatic carbocycles. The largest absolute Gasteiger partial charge is 0.482 e. The molecule has 29 heavy (non-hydrogen) atoms. The summed E-state index contributed by atoms with van der Waals surface area (Å²) >= 11 is 0. The van der Waals surface area contributed by atoms with E-state index in [4.69, 9.17) is 4.74 Å². The van der Waals surface area contributed by atoms with Crippen molar-refractivity contribution in [1.82, 2.24) is 4.72 Å². The number of sulfonamides is 1. The topological polar surface area (TPSA) is 114 Å². The third kappa shape index (κ3) is 5.03. The van der Waals surface area contributed by atoms with Gasteiger partial charge in [-0.25, -0.2) is 13.1 Å². The van der Waals surface area contributed by atoms with Gasteiger partial charge in [0, 0.05) is 5.69 Å². The Morgan fingerprint density at radius 3 is 2.66 bits per heavy atom. The molecule has 1 aliphatic heterocycles. The monoisotopic (exact) mass is 429 g/mol. The van der Waals surface area contributed by atoms with E-state index in [1.807, 2.05) is 4.72 Å². The Morgan fingerprint density at radius 1 is 1.17 bits per heavy atom. The van der Waals surface area contributed by atoms with Crippen LogP contribution in [0.15, 0.2) is 47.4 Å². The highest BCUT2D eigenvalue weighted by Crippen LogP contribution is 2.31. The highest BCUT2D eigenvalue weighted by Gasteiger charge is 2.31. The molecule has 0 aromatic heterocycles. The summed E-state index contributed by atoms with van der Waals surface area (Å²) in [5.41, 5.74) is -0.524. The van der Waals surface area contributed by atoms with E-state index in [-0.39, 0.29) is 18.2 Å². The predicted molar refractivity (Wildman–Crippen MR) is 95.8 cm³/mol. The average molecular weight is 429 g/mol. The van der Waals surface area contributed by atoms with Crippen molar-refractivity contribution in [2.75, 3.05) is 23.8 Å². The van der Waals surface area contributed by atoms with Crippen LogP contribution in [0.1, 0.15) is 5.56 Å². The van der Waals surface area contributed by atoms with Crippen LogP contribution in [0.5, 0.6) is 5.75 Å². The molecule has 0 fully saturated rings. The van der Waals surface area contributed by atoms with E-state index in [0.717, 1.165) is 18.2 Å². The molecule has 0 spiro atoms. The van der Waals surface area contributed by atoms with Crippen molar-refractivity contribution in [3.63, 3.8) is 0 Å². The summed E-state index contributed by atoms with van der Waals surface area (Å²) in [4.78, 5) is 22.7. The number of hydrogen-bond acceptors (Lipinski definition) is 5. The number of carbonyl (C=O) groups is 2. The standard InChI is InChI=1S/C17H14F3N3O5S/c18-17(19,20)10-2-1-3-12(6-10)29(26,27)21-8-15(24)22-11-4-5-14-13(7-11)23-16(25)9-28-14/h1-7,21H,8-9H2,(H,22,24)(H,23,25). The Labute approximate surface area is 163 Å². The van der Waals surface area contributed by atoms with Gasteiger partial charge in [-0.1, -0.05) is 6.07 Å². The second-order valence-corrected chi connectivity index (χ2v) is 7.71. The van der Waals surface area contributed by atoms with Crippen LogP contribution in [0.3, 0.4) is 0 Å². The molecule has 3 rings (SSSR count). The van der Waals surface area contributed by atoms with Crippen molar-refractivity contribution in [3.8, 4) is 5.75 Å². The Hall–Kier alpha value is -3.12. The first-order valence-electron chi connectivity index (χ1n) is 8.08. The summed E-state index contributed by atoms with van der Waals surface area (Å²) in [6, 6.07) is 7.58. The molecule has 0 atom stereocenters. The van der Waals surface area contributed by atoms with Gasteiger partial charge in [0.15, 0.2) is 6.61 Å². The number of anilines is 2. The molecule has 3 N–H and O–H groups in total. The van der Waals surface area contributed by atoms with Crippen LogP contribution in [0.25, 0.3) is 0 Å². The minimum atomic E-state index is -4.70. The minimum Gasteiger partial charge on any atom is -0.482 e. The SMILES string of the molecule is O=C(CNS(=O)(=O)c1cccc(C(F)(F)F)c1)Nc1ccc2c(c1)NC(=O)CO2. The fourth-order valence-electron chi connectivity index (χ4n) is 2.45. The van der Waals surface area contributed by atoms with E-state index in [1.54, 1.807) is 0 Å². The Balaban J connectivity index is 1.65. The van der Waals surface area contributed by atoms with Crippen LogP contribution < -0.4 is 20.1 Å². The second-order valence-electron chi connectivity index (χ2n) is 5.95. The van der Waals surface area contributed by atoms with Crippen LogP contribution in [0.4, 0.5) is 24.5 Å². The lowest BCUT2D eigenvalue weighted by Gasteiger charge is -2.18. The number of rotatable bonds is 5. The van der Waals surface area contributed by atoms with Crippen LogP contribution in [-0.2, 0) is 25.8 Å². The molecule has 12 heteroatoms. The fraction of sp³-hybridized carbons (Fsp3) is 0.176. The maximum atomic E-state index is 12.7. The van der Waals surface area contributed by atoms with Gasteiger partial charge in [-0.05, 0) is 36.4 Å². The first kappa shape index (κ1) is 20.6. The first-order chi connectivity index (χ1) is 13.5. The molecule has 0 saturated carbocycles. The smallest absolute Gasteiger partial charge is 0.416 e. The summed E-state index contributed by atoms with van der Waals surface area (Å²) in [6.45, 7) is -0.839. The molecule has 0 saturated heterocycles. The van der Waals surface area contributed by atoms with Gasteiger partial charge >= 0.3 is 6.18 Å². The molecule has 2 aromatic rings. The maximum Gasteiger partial charge on any atom is 0.416 e. The zero-order valence-corrected chi connectivity index (χ0v) is 15.4. The highest BCUT2D eigenvalue weighted by atomic mass is 32.2. The van der Waals surface area contributed by atoms with E-state index < -0.39 is 39.1 Å². The fourth-order valence-corrected chi connectivity index (χ4v) is 3.48. The number of alkyl halides is 3. The van der Waals surface area contributed by atoms with E-state index in [2.05, 4.69) is 10.6 Å². The van der Waals surface area contributed by atoms with Crippen molar-refractivity contribution in [3.05, 3.63) is 48.0 Å². The second kappa shape index (κ2) is 7.72. The maximum absolute atomic E-state index is 12.7. The number of nitrogens with one attached hydrogen (secondary N) is 3. The lowest BCUT2D eigenvalue weighted by atomic mass is 10.2. The summed E-state index contributed by atoms with van der Waals surface area (Å²) in [6.07, 6.45) is -4.70. The number of ether oxygens (including phenoxy) is 1. The zero-order chi connectivity index (χ0) is 21.2. The molecule has 2 amide bonds. The van der Waals surface area contributed by atoms with Gasteiger partial charge < -0.3 is 15.4 Å². The molecule has 0 unspecified atom stereocenters. The summed E-state index contributed by atoms with van der Waals surface area (Å²) < 4.78 is 69.7. The Kier molecular flexibility index (Phi) is 5.48.